The first-order chi connectivity index (χ1) is 8.65. The fourth-order valence-electron chi connectivity index (χ4n) is 2.16. The van der Waals surface area contributed by atoms with Crippen molar-refractivity contribution in [2.45, 2.75) is 19.8 Å². The van der Waals surface area contributed by atoms with Crippen LogP contribution in [0.4, 0.5) is 0 Å². The summed E-state index contributed by atoms with van der Waals surface area (Å²) in [5, 5.41) is 0.720. The maximum absolute atomic E-state index is 11.2. The second kappa shape index (κ2) is 6.10. The van der Waals surface area contributed by atoms with Gasteiger partial charge in [0.05, 0.1) is 6.61 Å². The Hall–Kier alpha value is -1.22. The molecule has 1 aromatic rings. The van der Waals surface area contributed by atoms with Gasteiger partial charge in [0.25, 0.3) is 0 Å². The lowest BCUT2D eigenvalue weighted by Crippen LogP contribution is -2.38. The summed E-state index contributed by atoms with van der Waals surface area (Å²) in [6, 6.07) is 7.42. The fraction of sp³-hybridized carbons (Fsp3) is 0.500. The molecule has 3 nitrogen and oxygen atoms in total. The molecule has 4 heteroatoms. The Morgan fingerprint density at radius 2 is 1.94 bits per heavy atom. The molecule has 1 aliphatic heterocycles. The molecule has 0 atom stereocenters. The van der Waals surface area contributed by atoms with Gasteiger partial charge in [-0.25, -0.2) is 0 Å². The van der Waals surface area contributed by atoms with E-state index in [0.717, 1.165) is 36.7 Å². The van der Waals surface area contributed by atoms with E-state index in [1.165, 1.54) is 0 Å². The van der Waals surface area contributed by atoms with E-state index in [-0.39, 0.29) is 5.91 Å². The minimum atomic E-state index is 0.173. The highest BCUT2D eigenvalue weighted by molar-refractivity contribution is 6.30. The number of hydrogen-bond acceptors (Lipinski definition) is 2. The summed E-state index contributed by atoms with van der Waals surface area (Å²) in [6.07, 6.45) is 2.04. The highest BCUT2D eigenvalue weighted by Crippen LogP contribution is 2.20. The van der Waals surface area contributed by atoms with E-state index in [0.29, 0.717) is 12.5 Å². The number of carbonyl (C=O) groups excluding carboxylic acids is 1. The van der Waals surface area contributed by atoms with Crippen molar-refractivity contribution in [2.75, 3.05) is 19.7 Å². The van der Waals surface area contributed by atoms with E-state index in [4.69, 9.17) is 16.3 Å². The Labute approximate surface area is 113 Å². The Morgan fingerprint density at radius 3 is 2.50 bits per heavy atom. The summed E-state index contributed by atoms with van der Waals surface area (Å²) in [5.74, 6) is 1.57. The van der Waals surface area contributed by atoms with E-state index in [2.05, 4.69) is 0 Å². The van der Waals surface area contributed by atoms with Gasteiger partial charge in [-0.2, -0.15) is 0 Å². The van der Waals surface area contributed by atoms with Gasteiger partial charge in [-0.05, 0) is 43.0 Å². The molecule has 0 saturated carbocycles. The average Bonchev–Trinajstić information content (AvgIpc) is 2.38. The third-order valence-electron chi connectivity index (χ3n) is 3.36. The predicted molar refractivity (Wildman–Crippen MR) is 71.9 cm³/mol. The van der Waals surface area contributed by atoms with Crippen LogP contribution >= 0.6 is 11.6 Å². The van der Waals surface area contributed by atoms with E-state index in [1.54, 1.807) is 6.92 Å². The second-order valence-electron chi connectivity index (χ2n) is 4.71. The smallest absolute Gasteiger partial charge is 0.219 e. The monoisotopic (exact) mass is 267 g/mol. The molecular weight excluding hydrogens is 250 g/mol. The number of carbonyl (C=O) groups is 1. The van der Waals surface area contributed by atoms with Gasteiger partial charge >= 0.3 is 0 Å². The van der Waals surface area contributed by atoms with Crippen LogP contribution in [-0.2, 0) is 4.79 Å². The van der Waals surface area contributed by atoms with Gasteiger partial charge in [-0.3, -0.25) is 4.79 Å². The molecule has 2 rings (SSSR count). The van der Waals surface area contributed by atoms with Gasteiger partial charge in [0.15, 0.2) is 0 Å². The first-order valence-electron chi connectivity index (χ1n) is 6.29. The van der Waals surface area contributed by atoms with Crippen LogP contribution in [0.25, 0.3) is 0 Å². The van der Waals surface area contributed by atoms with Crippen molar-refractivity contribution < 1.29 is 9.53 Å². The number of likely N-dealkylation sites (tertiary alicyclic amines) is 1. The molecule has 0 aromatic heterocycles. The zero-order valence-electron chi connectivity index (χ0n) is 10.6. The summed E-state index contributed by atoms with van der Waals surface area (Å²) in [6.45, 7) is 4.05. The Kier molecular flexibility index (Phi) is 4.48. The molecule has 1 amide bonds. The summed E-state index contributed by atoms with van der Waals surface area (Å²) in [5.41, 5.74) is 0. The molecular formula is C14H18ClNO2. The molecule has 0 radical (unpaired) electrons. The van der Waals surface area contributed by atoms with Crippen LogP contribution in [0, 0.1) is 5.92 Å². The number of rotatable bonds is 3. The molecule has 0 aliphatic carbocycles. The molecule has 98 valence electrons. The zero-order valence-corrected chi connectivity index (χ0v) is 11.3. The lowest BCUT2D eigenvalue weighted by Gasteiger charge is -2.31. The summed E-state index contributed by atoms with van der Waals surface area (Å²) >= 11 is 5.81. The quantitative estimate of drug-likeness (QED) is 0.843. The maximum atomic E-state index is 11.2. The van der Waals surface area contributed by atoms with E-state index >= 15 is 0 Å². The third kappa shape index (κ3) is 3.64. The Balaban J connectivity index is 1.75. The Morgan fingerprint density at radius 1 is 1.33 bits per heavy atom. The minimum absolute atomic E-state index is 0.173. The van der Waals surface area contributed by atoms with Crippen molar-refractivity contribution in [2.24, 2.45) is 5.92 Å². The lowest BCUT2D eigenvalue weighted by molar-refractivity contribution is -0.130. The number of amides is 1. The van der Waals surface area contributed by atoms with Gasteiger partial charge in [0.1, 0.15) is 5.75 Å². The molecule has 1 aliphatic rings. The molecule has 1 heterocycles. The molecule has 1 aromatic carbocycles. The van der Waals surface area contributed by atoms with Crippen molar-refractivity contribution in [3.8, 4) is 5.75 Å². The number of piperidine rings is 1. The van der Waals surface area contributed by atoms with Crippen LogP contribution in [0.15, 0.2) is 24.3 Å². The largest absolute Gasteiger partial charge is 0.493 e. The molecule has 0 spiro atoms. The van der Waals surface area contributed by atoms with Crippen LogP contribution in [0.5, 0.6) is 5.75 Å². The Bertz CT molecular complexity index is 397. The van der Waals surface area contributed by atoms with Crippen molar-refractivity contribution in [3.63, 3.8) is 0 Å². The summed E-state index contributed by atoms with van der Waals surface area (Å²) in [7, 11) is 0. The van der Waals surface area contributed by atoms with Crippen LogP contribution in [0.3, 0.4) is 0 Å². The molecule has 18 heavy (non-hydrogen) atoms. The SMILES string of the molecule is CC(=O)N1CCC(COc2ccc(Cl)cc2)CC1. The molecule has 0 bridgehead atoms. The first-order valence-corrected chi connectivity index (χ1v) is 6.67. The molecule has 0 N–H and O–H groups in total. The third-order valence-corrected chi connectivity index (χ3v) is 3.61. The minimum Gasteiger partial charge on any atom is -0.493 e. The second-order valence-corrected chi connectivity index (χ2v) is 5.15. The average molecular weight is 268 g/mol. The predicted octanol–water partition coefficient (Wildman–Crippen LogP) is 2.98. The zero-order chi connectivity index (χ0) is 13.0. The number of halogens is 1. The van der Waals surface area contributed by atoms with Gasteiger partial charge in [0.2, 0.25) is 5.91 Å². The van der Waals surface area contributed by atoms with E-state index in [1.807, 2.05) is 29.2 Å². The van der Waals surface area contributed by atoms with Gasteiger partial charge in [-0.1, -0.05) is 11.6 Å². The van der Waals surface area contributed by atoms with Crippen molar-refractivity contribution >= 4 is 17.5 Å². The highest BCUT2D eigenvalue weighted by atomic mass is 35.5. The first kappa shape index (κ1) is 13.2. The standard InChI is InChI=1S/C14H18ClNO2/c1-11(17)16-8-6-12(7-9-16)10-18-14-4-2-13(15)3-5-14/h2-5,12H,6-10H2,1H3. The number of ether oxygens (including phenoxy) is 1. The van der Waals surface area contributed by atoms with Crippen LogP contribution in [0.1, 0.15) is 19.8 Å². The van der Waals surface area contributed by atoms with Gasteiger partial charge in [-0.15, -0.1) is 0 Å². The van der Waals surface area contributed by atoms with Crippen LogP contribution in [-0.4, -0.2) is 30.5 Å². The van der Waals surface area contributed by atoms with Crippen LogP contribution in [0.2, 0.25) is 5.02 Å². The lowest BCUT2D eigenvalue weighted by atomic mass is 9.98. The topological polar surface area (TPSA) is 29.5 Å². The summed E-state index contributed by atoms with van der Waals surface area (Å²) < 4.78 is 5.73. The number of nitrogens with zero attached hydrogens (tertiary/aromatic N) is 1. The maximum Gasteiger partial charge on any atom is 0.219 e. The number of hydrogen-bond donors (Lipinski definition) is 0. The molecule has 1 saturated heterocycles. The fourth-order valence-corrected chi connectivity index (χ4v) is 2.29. The summed E-state index contributed by atoms with van der Waals surface area (Å²) in [4.78, 5) is 13.1. The van der Waals surface area contributed by atoms with E-state index in [9.17, 15) is 4.79 Å². The number of benzene rings is 1. The van der Waals surface area contributed by atoms with Crippen LogP contribution < -0.4 is 4.74 Å². The van der Waals surface area contributed by atoms with Crippen molar-refractivity contribution in [3.05, 3.63) is 29.3 Å². The van der Waals surface area contributed by atoms with Crippen molar-refractivity contribution in [1.82, 2.24) is 4.90 Å². The van der Waals surface area contributed by atoms with Crippen molar-refractivity contribution in [1.29, 1.82) is 0 Å². The molecule has 0 unspecified atom stereocenters. The van der Waals surface area contributed by atoms with Gasteiger partial charge in [0, 0.05) is 25.0 Å². The van der Waals surface area contributed by atoms with E-state index < -0.39 is 0 Å². The normalized spacial score (nSPS) is 16.7. The highest BCUT2D eigenvalue weighted by Gasteiger charge is 2.20. The van der Waals surface area contributed by atoms with Gasteiger partial charge < -0.3 is 9.64 Å². The molecule has 1 fully saturated rings.